The molecule has 0 aliphatic carbocycles. The van der Waals surface area contributed by atoms with E-state index in [1.54, 1.807) is 18.7 Å². The van der Waals surface area contributed by atoms with Gasteiger partial charge in [0.25, 0.3) is 5.91 Å². The summed E-state index contributed by atoms with van der Waals surface area (Å²) in [7, 11) is 0. The van der Waals surface area contributed by atoms with Crippen molar-refractivity contribution in [1.82, 2.24) is 24.2 Å². The summed E-state index contributed by atoms with van der Waals surface area (Å²) >= 11 is 0. The molecule has 3 aromatic rings. The van der Waals surface area contributed by atoms with Crippen molar-refractivity contribution in [3.63, 3.8) is 0 Å². The number of rotatable bonds is 4. The quantitative estimate of drug-likeness (QED) is 0.741. The second kappa shape index (κ2) is 6.31. The Hall–Kier alpha value is -2.89. The maximum absolute atomic E-state index is 12.9. The number of nitrogens with zero attached hydrogens (tertiary/aromatic N) is 5. The van der Waals surface area contributed by atoms with E-state index in [4.69, 9.17) is 0 Å². The zero-order valence-corrected chi connectivity index (χ0v) is 13.3. The SMILES string of the molecule is O=C(c1ccc(-n2ccnc2)cc1)N1CCCC1Cn1cccn1. The summed E-state index contributed by atoms with van der Waals surface area (Å²) in [5.41, 5.74) is 1.73. The first-order valence-corrected chi connectivity index (χ1v) is 8.18. The van der Waals surface area contributed by atoms with Gasteiger partial charge in [-0.3, -0.25) is 9.48 Å². The molecule has 2 aromatic heterocycles. The predicted molar refractivity (Wildman–Crippen MR) is 89.8 cm³/mol. The van der Waals surface area contributed by atoms with Crippen LogP contribution in [0.15, 0.2) is 61.4 Å². The summed E-state index contributed by atoms with van der Waals surface area (Å²) in [6.45, 7) is 1.57. The minimum Gasteiger partial charge on any atom is -0.334 e. The van der Waals surface area contributed by atoms with E-state index < -0.39 is 0 Å². The minimum atomic E-state index is 0.0989. The highest BCUT2D eigenvalue weighted by atomic mass is 16.2. The van der Waals surface area contributed by atoms with Gasteiger partial charge >= 0.3 is 0 Å². The van der Waals surface area contributed by atoms with Crippen LogP contribution in [0, 0.1) is 0 Å². The number of carbonyl (C=O) groups excluding carboxylic acids is 1. The minimum absolute atomic E-state index is 0.0989. The van der Waals surface area contributed by atoms with Crippen molar-refractivity contribution in [2.24, 2.45) is 0 Å². The Morgan fingerprint density at radius 1 is 1.17 bits per heavy atom. The van der Waals surface area contributed by atoms with Crippen LogP contribution in [-0.4, -0.2) is 42.7 Å². The molecule has 0 spiro atoms. The lowest BCUT2D eigenvalue weighted by molar-refractivity contribution is 0.0721. The molecule has 0 saturated carbocycles. The van der Waals surface area contributed by atoms with Crippen LogP contribution >= 0.6 is 0 Å². The first-order valence-electron chi connectivity index (χ1n) is 8.18. The topological polar surface area (TPSA) is 56.0 Å². The first kappa shape index (κ1) is 14.7. The van der Waals surface area contributed by atoms with Crippen LogP contribution < -0.4 is 0 Å². The fraction of sp³-hybridized carbons (Fsp3) is 0.278. The summed E-state index contributed by atoms with van der Waals surface area (Å²) in [6, 6.07) is 9.81. The Bertz CT molecular complexity index is 793. The van der Waals surface area contributed by atoms with Gasteiger partial charge in [-0.15, -0.1) is 0 Å². The lowest BCUT2D eigenvalue weighted by Crippen LogP contribution is -2.38. The molecule has 0 N–H and O–H groups in total. The molecular weight excluding hydrogens is 302 g/mol. The summed E-state index contributed by atoms with van der Waals surface area (Å²) < 4.78 is 3.82. The van der Waals surface area contributed by atoms with Gasteiger partial charge in [0.15, 0.2) is 0 Å². The third kappa shape index (κ3) is 2.82. The molecule has 1 aliphatic rings. The van der Waals surface area contributed by atoms with Gasteiger partial charge in [-0.1, -0.05) is 0 Å². The number of carbonyl (C=O) groups is 1. The van der Waals surface area contributed by atoms with E-state index in [1.807, 2.05) is 56.9 Å². The number of benzene rings is 1. The third-order valence-electron chi connectivity index (χ3n) is 4.51. The van der Waals surface area contributed by atoms with Gasteiger partial charge in [0, 0.05) is 42.6 Å². The number of hydrogen-bond acceptors (Lipinski definition) is 3. The summed E-state index contributed by atoms with van der Waals surface area (Å²) in [5.74, 6) is 0.0989. The molecule has 1 atom stereocenters. The van der Waals surface area contributed by atoms with Crippen molar-refractivity contribution in [2.45, 2.75) is 25.4 Å². The molecule has 1 aromatic carbocycles. The molecule has 4 rings (SSSR count). The van der Waals surface area contributed by atoms with Crippen LogP contribution in [0.1, 0.15) is 23.2 Å². The van der Waals surface area contributed by atoms with E-state index in [0.29, 0.717) is 0 Å². The molecule has 1 aliphatic heterocycles. The second-order valence-corrected chi connectivity index (χ2v) is 6.04. The first-order chi connectivity index (χ1) is 11.8. The second-order valence-electron chi connectivity index (χ2n) is 6.04. The molecule has 6 heteroatoms. The molecule has 3 heterocycles. The van der Waals surface area contributed by atoms with E-state index in [-0.39, 0.29) is 11.9 Å². The van der Waals surface area contributed by atoms with Crippen LogP contribution in [0.2, 0.25) is 0 Å². The molecule has 24 heavy (non-hydrogen) atoms. The highest BCUT2D eigenvalue weighted by molar-refractivity contribution is 5.94. The number of aromatic nitrogens is 4. The van der Waals surface area contributed by atoms with Gasteiger partial charge < -0.3 is 9.47 Å². The lowest BCUT2D eigenvalue weighted by atomic mass is 10.1. The van der Waals surface area contributed by atoms with Gasteiger partial charge in [0.2, 0.25) is 0 Å². The average Bonchev–Trinajstić information content (AvgIpc) is 3.37. The summed E-state index contributed by atoms with van der Waals surface area (Å²) in [6.07, 6.45) is 11.2. The number of likely N-dealkylation sites (tertiary alicyclic amines) is 1. The fourth-order valence-corrected chi connectivity index (χ4v) is 3.27. The fourth-order valence-electron chi connectivity index (χ4n) is 3.27. The Kier molecular flexibility index (Phi) is 3.86. The van der Waals surface area contributed by atoms with E-state index in [9.17, 15) is 4.79 Å². The van der Waals surface area contributed by atoms with Crippen molar-refractivity contribution >= 4 is 5.91 Å². The van der Waals surface area contributed by atoms with E-state index in [1.165, 1.54) is 0 Å². The van der Waals surface area contributed by atoms with Crippen molar-refractivity contribution in [1.29, 1.82) is 0 Å². The third-order valence-corrected chi connectivity index (χ3v) is 4.51. The van der Waals surface area contributed by atoms with Crippen LogP contribution in [0.25, 0.3) is 5.69 Å². The number of hydrogen-bond donors (Lipinski definition) is 0. The van der Waals surface area contributed by atoms with Gasteiger partial charge in [0.1, 0.15) is 0 Å². The Morgan fingerprint density at radius 2 is 2.04 bits per heavy atom. The molecule has 6 nitrogen and oxygen atoms in total. The lowest BCUT2D eigenvalue weighted by Gasteiger charge is -2.25. The number of imidazole rings is 1. The van der Waals surface area contributed by atoms with Gasteiger partial charge in [-0.05, 0) is 43.2 Å². The molecule has 1 amide bonds. The monoisotopic (exact) mass is 321 g/mol. The summed E-state index contributed by atoms with van der Waals surface area (Å²) in [4.78, 5) is 18.9. The van der Waals surface area contributed by atoms with Crippen molar-refractivity contribution in [3.05, 3.63) is 67.0 Å². The maximum atomic E-state index is 12.9. The van der Waals surface area contributed by atoms with Crippen LogP contribution in [0.3, 0.4) is 0 Å². The van der Waals surface area contributed by atoms with Crippen LogP contribution in [0.5, 0.6) is 0 Å². The molecule has 1 fully saturated rings. The van der Waals surface area contributed by atoms with E-state index in [0.717, 1.165) is 37.2 Å². The van der Waals surface area contributed by atoms with E-state index in [2.05, 4.69) is 10.1 Å². The molecule has 0 bridgehead atoms. The molecule has 122 valence electrons. The Morgan fingerprint density at radius 3 is 2.75 bits per heavy atom. The van der Waals surface area contributed by atoms with Crippen molar-refractivity contribution < 1.29 is 4.79 Å². The highest BCUT2D eigenvalue weighted by Gasteiger charge is 2.29. The van der Waals surface area contributed by atoms with Gasteiger partial charge in [-0.25, -0.2) is 4.98 Å². The van der Waals surface area contributed by atoms with Crippen LogP contribution in [-0.2, 0) is 6.54 Å². The largest absolute Gasteiger partial charge is 0.334 e. The zero-order valence-electron chi connectivity index (χ0n) is 13.3. The van der Waals surface area contributed by atoms with E-state index >= 15 is 0 Å². The normalized spacial score (nSPS) is 17.3. The Labute approximate surface area is 140 Å². The standard InChI is InChI=1S/C18H19N5O/c24-18(15-4-6-16(7-5-15)21-12-9-19-14-21)23-11-1-3-17(23)13-22-10-2-8-20-22/h2,4-10,12,14,17H,1,3,11,13H2. The van der Waals surface area contributed by atoms with Gasteiger partial charge in [0.05, 0.1) is 18.9 Å². The maximum Gasteiger partial charge on any atom is 0.254 e. The average molecular weight is 321 g/mol. The molecule has 1 saturated heterocycles. The molecule has 0 radical (unpaired) electrons. The Balaban J connectivity index is 1.50. The highest BCUT2D eigenvalue weighted by Crippen LogP contribution is 2.22. The van der Waals surface area contributed by atoms with Gasteiger partial charge in [-0.2, -0.15) is 5.10 Å². The smallest absolute Gasteiger partial charge is 0.254 e. The molecule has 1 unspecified atom stereocenters. The predicted octanol–water partition coefficient (Wildman–Crippen LogP) is 2.37. The summed E-state index contributed by atoms with van der Waals surface area (Å²) in [5, 5.41) is 4.26. The zero-order chi connectivity index (χ0) is 16.4. The number of amides is 1. The van der Waals surface area contributed by atoms with Crippen LogP contribution in [0.4, 0.5) is 0 Å². The van der Waals surface area contributed by atoms with Crippen molar-refractivity contribution in [3.8, 4) is 5.69 Å². The molecular formula is C18H19N5O. The van der Waals surface area contributed by atoms with Crippen molar-refractivity contribution in [2.75, 3.05) is 6.54 Å².